The van der Waals surface area contributed by atoms with Crippen LogP contribution in [0.15, 0.2) is 64.2 Å². The number of nitrogens with one attached hydrogen (secondary N) is 1. The lowest BCUT2D eigenvalue weighted by atomic mass is 9.95. The Bertz CT molecular complexity index is 1260. The van der Waals surface area contributed by atoms with Crippen molar-refractivity contribution >= 4 is 23.2 Å². The van der Waals surface area contributed by atoms with Gasteiger partial charge < -0.3 is 10.2 Å². The molecule has 2 heterocycles. The Hall–Kier alpha value is -3.32. The van der Waals surface area contributed by atoms with Crippen LogP contribution in [0.4, 0.5) is 5.69 Å². The maximum absolute atomic E-state index is 13.0. The molecule has 0 spiro atoms. The van der Waals surface area contributed by atoms with E-state index in [0.717, 1.165) is 10.1 Å². The molecule has 172 valence electrons. The summed E-state index contributed by atoms with van der Waals surface area (Å²) in [6, 6.07) is 16.7. The van der Waals surface area contributed by atoms with Crippen LogP contribution in [0, 0.1) is 12.8 Å². The number of benzene rings is 2. The lowest BCUT2D eigenvalue weighted by molar-refractivity contribution is -0.125. The van der Waals surface area contributed by atoms with Gasteiger partial charge in [-0.2, -0.15) is 0 Å². The molecule has 33 heavy (non-hydrogen) atoms. The molecule has 1 fully saturated rings. The van der Waals surface area contributed by atoms with E-state index in [9.17, 15) is 14.4 Å². The second-order valence-electron chi connectivity index (χ2n) is 8.36. The highest BCUT2D eigenvalue weighted by Crippen LogP contribution is 2.24. The Morgan fingerprint density at radius 3 is 2.30 bits per heavy atom. The third-order valence-electron chi connectivity index (χ3n) is 6.24. The van der Waals surface area contributed by atoms with E-state index in [4.69, 9.17) is 11.6 Å². The molecule has 0 unspecified atom stereocenters. The van der Waals surface area contributed by atoms with Gasteiger partial charge >= 0.3 is 5.69 Å². The van der Waals surface area contributed by atoms with Crippen molar-refractivity contribution in [2.45, 2.75) is 26.3 Å². The summed E-state index contributed by atoms with van der Waals surface area (Å²) in [5.41, 5.74) is 2.15. The first kappa shape index (κ1) is 22.9. The summed E-state index contributed by atoms with van der Waals surface area (Å²) in [5, 5.41) is 3.67. The number of anilines is 1. The van der Waals surface area contributed by atoms with Gasteiger partial charge in [0.05, 0.1) is 11.4 Å². The largest absolute Gasteiger partial charge is 0.366 e. The van der Waals surface area contributed by atoms with Crippen LogP contribution >= 0.6 is 11.6 Å². The predicted molar refractivity (Wildman–Crippen MR) is 130 cm³/mol. The second-order valence-corrected chi connectivity index (χ2v) is 8.79. The zero-order chi connectivity index (χ0) is 23.5. The Kier molecular flexibility index (Phi) is 6.70. The fourth-order valence-corrected chi connectivity index (χ4v) is 4.47. The number of carbonyl (C=O) groups is 1. The van der Waals surface area contributed by atoms with Crippen molar-refractivity contribution in [2.24, 2.45) is 13.0 Å². The molecule has 1 aliphatic heterocycles. The standard InChI is InChI=1S/C25H27ClN4O3/c1-17-22(24(32)28(2)25(33)30(17)21-6-4-3-5-7-21)29-14-12-19(13-15-29)23(31)27-16-18-8-10-20(26)11-9-18/h3-11,19H,12-16H2,1-2H3,(H,27,31). The first-order chi connectivity index (χ1) is 15.9. The molecule has 1 aliphatic rings. The van der Waals surface area contributed by atoms with Crippen LogP contribution in [0.25, 0.3) is 5.69 Å². The first-order valence-electron chi connectivity index (χ1n) is 11.0. The number of rotatable bonds is 5. The van der Waals surface area contributed by atoms with Crippen LogP contribution < -0.4 is 21.5 Å². The van der Waals surface area contributed by atoms with Crippen molar-refractivity contribution < 1.29 is 4.79 Å². The molecule has 1 N–H and O–H groups in total. The third-order valence-corrected chi connectivity index (χ3v) is 6.49. The molecular formula is C25H27ClN4O3. The highest BCUT2D eigenvalue weighted by Gasteiger charge is 2.28. The number of para-hydroxylation sites is 1. The van der Waals surface area contributed by atoms with Gasteiger partial charge in [0.1, 0.15) is 5.69 Å². The van der Waals surface area contributed by atoms with Gasteiger partial charge in [0, 0.05) is 37.6 Å². The number of carbonyl (C=O) groups excluding carboxylic acids is 1. The molecule has 0 aliphatic carbocycles. The van der Waals surface area contributed by atoms with E-state index >= 15 is 0 Å². The van der Waals surface area contributed by atoms with E-state index in [1.165, 1.54) is 7.05 Å². The molecule has 0 saturated carbocycles. The molecule has 7 nitrogen and oxygen atoms in total. The molecule has 4 rings (SSSR count). The minimum atomic E-state index is -0.371. The molecule has 3 aromatic rings. The molecule has 0 atom stereocenters. The summed E-state index contributed by atoms with van der Waals surface area (Å²) in [6.07, 6.45) is 1.28. The minimum Gasteiger partial charge on any atom is -0.366 e. The van der Waals surface area contributed by atoms with Crippen molar-refractivity contribution in [1.29, 1.82) is 0 Å². The lowest BCUT2D eigenvalue weighted by Gasteiger charge is -2.34. The number of hydrogen-bond acceptors (Lipinski definition) is 4. The van der Waals surface area contributed by atoms with Crippen molar-refractivity contribution in [1.82, 2.24) is 14.5 Å². The van der Waals surface area contributed by atoms with Crippen LogP contribution in [0.1, 0.15) is 24.1 Å². The molecule has 1 saturated heterocycles. The number of aromatic nitrogens is 2. The Labute approximate surface area is 197 Å². The summed E-state index contributed by atoms with van der Waals surface area (Å²) >= 11 is 5.91. The number of piperidine rings is 1. The van der Waals surface area contributed by atoms with E-state index in [-0.39, 0.29) is 23.1 Å². The average molecular weight is 467 g/mol. The van der Waals surface area contributed by atoms with Gasteiger partial charge in [-0.25, -0.2) is 4.79 Å². The summed E-state index contributed by atoms with van der Waals surface area (Å²) in [6.45, 7) is 3.40. The summed E-state index contributed by atoms with van der Waals surface area (Å²) in [7, 11) is 1.50. The van der Waals surface area contributed by atoms with Gasteiger partial charge in [-0.1, -0.05) is 41.9 Å². The Balaban J connectivity index is 1.49. The van der Waals surface area contributed by atoms with Gasteiger partial charge in [-0.15, -0.1) is 0 Å². The zero-order valence-electron chi connectivity index (χ0n) is 18.8. The fourth-order valence-electron chi connectivity index (χ4n) is 4.35. The number of amides is 1. The Morgan fingerprint density at radius 1 is 1.03 bits per heavy atom. The van der Waals surface area contributed by atoms with Gasteiger partial charge in [-0.3, -0.25) is 18.7 Å². The molecule has 8 heteroatoms. The monoisotopic (exact) mass is 466 g/mol. The maximum Gasteiger partial charge on any atom is 0.335 e. The van der Waals surface area contributed by atoms with Crippen LogP contribution in [0.2, 0.25) is 5.02 Å². The zero-order valence-corrected chi connectivity index (χ0v) is 19.5. The highest BCUT2D eigenvalue weighted by atomic mass is 35.5. The number of halogens is 1. The lowest BCUT2D eigenvalue weighted by Crippen LogP contribution is -2.46. The number of nitrogens with zero attached hydrogens (tertiary/aromatic N) is 3. The molecule has 2 aromatic carbocycles. The van der Waals surface area contributed by atoms with E-state index < -0.39 is 0 Å². The van der Waals surface area contributed by atoms with Crippen molar-refractivity contribution in [2.75, 3.05) is 18.0 Å². The van der Waals surface area contributed by atoms with Crippen molar-refractivity contribution in [3.63, 3.8) is 0 Å². The second kappa shape index (κ2) is 9.67. The van der Waals surface area contributed by atoms with E-state index in [1.807, 2.05) is 47.4 Å². The fraction of sp³-hybridized carbons (Fsp3) is 0.320. The maximum atomic E-state index is 13.0. The normalized spacial score (nSPS) is 14.3. The Morgan fingerprint density at radius 2 is 1.67 bits per heavy atom. The van der Waals surface area contributed by atoms with E-state index in [0.29, 0.717) is 54.6 Å². The van der Waals surface area contributed by atoms with E-state index in [1.54, 1.807) is 23.6 Å². The molecular weight excluding hydrogens is 440 g/mol. The van der Waals surface area contributed by atoms with Gasteiger partial charge in [0.15, 0.2) is 0 Å². The average Bonchev–Trinajstić information content (AvgIpc) is 2.83. The van der Waals surface area contributed by atoms with Gasteiger partial charge in [0.2, 0.25) is 5.91 Å². The van der Waals surface area contributed by atoms with Crippen LogP contribution in [0.5, 0.6) is 0 Å². The van der Waals surface area contributed by atoms with Gasteiger partial charge in [0.25, 0.3) is 5.56 Å². The summed E-state index contributed by atoms with van der Waals surface area (Å²) in [4.78, 5) is 40.5. The molecule has 0 radical (unpaired) electrons. The van der Waals surface area contributed by atoms with E-state index in [2.05, 4.69) is 5.32 Å². The predicted octanol–water partition coefficient (Wildman–Crippen LogP) is 3.03. The first-order valence-corrected chi connectivity index (χ1v) is 11.4. The van der Waals surface area contributed by atoms with Crippen molar-refractivity contribution in [3.05, 3.63) is 91.7 Å². The van der Waals surface area contributed by atoms with Crippen molar-refractivity contribution in [3.8, 4) is 5.69 Å². The van der Waals surface area contributed by atoms with Gasteiger partial charge in [-0.05, 0) is 49.6 Å². The molecule has 0 bridgehead atoms. The highest BCUT2D eigenvalue weighted by molar-refractivity contribution is 6.30. The summed E-state index contributed by atoms with van der Waals surface area (Å²) in [5.74, 6) is -0.0961. The number of hydrogen-bond donors (Lipinski definition) is 1. The van der Waals surface area contributed by atoms with Crippen LogP contribution in [-0.2, 0) is 18.4 Å². The molecule has 1 amide bonds. The molecule has 1 aromatic heterocycles. The van der Waals surface area contributed by atoms with Crippen LogP contribution in [0.3, 0.4) is 0 Å². The topological polar surface area (TPSA) is 76.3 Å². The quantitative estimate of drug-likeness (QED) is 0.627. The van der Waals surface area contributed by atoms with Crippen LogP contribution in [-0.4, -0.2) is 28.1 Å². The SMILES string of the molecule is Cc1c(N2CCC(C(=O)NCc3ccc(Cl)cc3)CC2)c(=O)n(C)c(=O)n1-c1ccccc1. The minimum absolute atomic E-state index is 0.0171. The summed E-state index contributed by atoms with van der Waals surface area (Å²) < 4.78 is 2.72. The smallest absolute Gasteiger partial charge is 0.335 e. The third kappa shape index (κ3) is 4.73.